The second-order valence-electron chi connectivity index (χ2n) is 6.15. The summed E-state index contributed by atoms with van der Waals surface area (Å²) in [5.74, 6) is 6.64. The van der Waals surface area contributed by atoms with Crippen LogP contribution in [0.2, 0.25) is 0 Å². The van der Waals surface area contributed by atoms with Crippen molar-refractivity contribution in [2.45, 2.75) is 12.8 Å². The van der Waals surface area contributed by atoms with E-state index in [4.69, 9.17) is 4.74 Å². The molecule has 5 heteroatoms. The van der Waals surface area contributed by atoms with Gasteiger partial charge in [0.25, 0.3) is 0 Å². The fourth-order valence-corrected chi connectivity index (χ4v) is 2.71. The molecule has 136 valence electrons. The molecule has 3 heterocycles. The molecule has 0 aliphatic carbocycles. The van der Waals surface area contributed by atoms with Crippen molar-refractivity contribution in [1.29, 1.82) is 0 Å². The summed E-state index contributed by atoms with van der Waals surface area (Å²) < 4.78 is 5.94. The van der Waals surface area contributed by atoms with Gasteiger partial charge < -0.3 is 4.74 Å². The number of fused-ring (bicyclic) bond motifs is 1. The summed E-state index contributed by atoms with van der Waals surface area (Å²) in [4.78, 5) is 17.4. The molecule has 4 aromatic rings. The lowest BCUT2D eigenvalue weighted by Crippen LogP contribution is -2.05. The lowest BCUT2D eigenvalue weighted by molar-refractivity contribution is 0.298. The Balaban J connectivity index is 1.54. The number of aryl methyl sites for hydroxylation is 1. The minimum absolute atomic E-state index is 0.443. The first-order valence-corrected chi connectivity index (χ1v) is 9.10. The van der Waals surface area contributed by atoms with Crippen molar-refractivity contribution in [3.8, 4) is 17.7 Å². The molecular weight excluding hydrogens is 348 g/mol. The number of pyridine rings is 2. The molecular formula is C23H18N4O. The van der Waals surface area contributed by atoms with Crippen molar-refractivity contribution < 1.29 is 4.74 Å². The first-order chi connectivity index (χ1) is 13.9. The highest BCUT2D eigenvalue weighted by Gasteiger charge is 2.09. The zero-order valence-electron chi connectivity index (χ0n) is 15.2. The van der Waals surface area contributed by atoms with Gasteiger partial charge in [-0.15, -0.1) is 0 Å². The number of nitrogens with zero attached hydrogens (tertiary/aromatic N) is 4. The zero-order valence-corrected chi connectivity index (χ0v) is 15.2. The molecule has 0 amide bonds. The van der Waals surface area contributed by atoms with Gasteiger partial charge >= 0.3 is 0 Å². The van der Waals surface area contributed by atoms with Crippen LogP contribution in [0.15, 0.2) is 73.2 Å². The van der Waals surface area contributed by atoms with Crippen LogP contribution in [0.5, 0.6) is 5.88 Å². The molecule has 0 N–H and O–H groups in total. The minimum atomic E-state index is 0.443. The van der Waals surface area contributed by atoms with Crippen molar-refractivity contribution >= 4 is 11.2 Å². The van der Waals surface area contributed by atoms with Crippen molar-refractivity contribution in [2.75, 3.05) is 6.61 Å². The Labute approximate surface area is 163 Å². The molecule has 0 aliphatic heterocycles. The number of rotatable bonds is 5. The fraction of sp³-hybridized carbons (Fsp3) is 0.130. The highest BCUT2D eigenvalue weighted by Crippen LogP contribution is 2.17. The molecule has 28 heavy (non-hydrogen) atoms. The first-order valence-electron chi connectivity index (χ1n) is 9.10. The average molecular weight is 366 g/mol. The molecule has 0 radical (unpaired) electrons. The Morgan fingerprint density at radius 1 is 0.821 bits per heavy atom. The van der Waals surface area contributed by atoms with Gasteiger partial charge in [0, 0.05) is 24.2 Å². The predicted molar refractivity (Wildman–Crippen MR) is 108 cm³/mol. The van der Waals surface area contributed by atoms with Crippen LogP contribution in [0.25, 0.3) is 11.2 Å². The van der Waals surface area contributed by atoms with E-state index in [0.29, 0.717) is 29.3 Å². The van der Waals surface area contributed by atoms with Gasteiger partial charge in [0.15, 0.2) is 11.3 Å². The molecule has 5 nitrogen and oxygen atoms in total. The monoisotopic (exact) mass is 366 g/mol. The lowest BCUT2D eigenvalue weighted by Gasteiger charge is -2.08. The number of hydrogen-bond donors (Lipinski definition) is 0. The van der Waals surface area contributed by atoms with E-state index in [1.165, 1.54) is 5.56 Å². The Morgan fingerprint density at radius 3 is 2.54 bits per heavy atom. The highest BCUT2D eigenvalue weighted by molar-refractivity contribution is 5.71. The minimum Gasteiger partial charge on any atom is -0.476 e. The molecule has 0 fully saturated rings. The first kappa shape index (κ1) is 17.6. The molecule has 3 aromatic heterocycles. The molecule has 0 unspecified atom stereocenters. The van der Waals surface area contributed by atoms with Crippen LogP contribution in [0.1, 0.15) is 23.2 Å². The summed E-state index contributed by atoms with van der Waals surface area (Å²) in [5.41, 5.74) is 3.89. The van der Waals surface area contributed by atoms with Crippen LogP contribution in [-0.4, -0.2) is 26.5 Å². The van der Waals surface area contributed by atoms with Gasteiger partial charge in [0.1, 0.15) is 5.52 Å². The second kappa shape index (κ2) is 8.74. The number of benzene rings is 1. The van der Waals surface area contributed by atoms with Gasteiger partial charge in [-0.05, 0) is 60.7 Å². The van der Waals surface area contributed by atoms with E-state index in [0.717, 1.165) is 18.4 Å². The largest absolute Gasteiger partial charge is 0.476 e. The third kappa shape index (κ3) is 4.49. The predicted octanol–water partition coefficient (Wildman–Crippen LogP) is 3.83. The van der Waals surface area contributed by atoms with Gasteiger partial charge in [-0.2, -0.15) is 0 Å². The molecule has 0 spiro atoms. The van der Waals surface area contributed by atoms with E-state index in [-0.39, 0.29) is 0 Å². The van der Waals surface area contributed by atoms with E-state index in [1.54, 1.807) is 18.6 Å². The smallest absolute Gasteiger partial charge is 0.249 e. The summed E-state index contributed by atoms with van der Waals surface area (Å²) in [6.07, 6.45) is 7.07. The van der Waals surface area contributed by atoms with Crippen LogP contribution in [0, 0.1) is 11.8 Å². The van der Waals surface area contributed by atoms with Crippen molar-refractivity contribution in [1.82, 2.24) is 19.9 Å². The van der Waals surface area contributed by atoms with E-state index in [1.807, 2.05) is 54.6 Å². The van der Waals surface area contributed by atoms with Gasteiger partial charge in [-0.3, -0.25) is 4.98 Å². The third-order valence-corrected chi connectivity index (χ3v) is 4.11. The summed E-state index contributed by atoms with van der Waals surface area (Å²) >= 11 is 0. The number of hydrogen-bond acceptors (Lipinski definition) is 5. The molecule has 0 aliphatic rings. The third-order valence-electron chi connectivity index (χ3n) is 4.11. The Bertz CT molecular complexity index is 1120. The fourth-order valence-electron chi connectivity index (χ4n) is 2.71. The van der Waals surface area contributed by atoms with Gasteiger partial charge in [-0.1, -0.05) is 24.1 Å². The maximum absolute atomic E-state index is 5.94. The highest BCUT2D eigenvalue weighted by atomic mass is 16.5. The lowest BCUT2D eigenvalue weighted by atomic mass is 10.1. The molecule has 4 rings (SSSR count). The Morgan fingerprint density at radius 2 is 1.68 bits per heavy atom. The second-order valence-corrected chi connectivity index (χ2v) is 6.15. The average Bonchev–Trinajstić information content (AvgIpc) is 2.76. The van der Waals surface area contributed by atoms with Crippen LogP contribution in [-0.2, 0) is 6.42 Å². The Hall–Kier alpha value is -3.78. The van der Waals surface area contributed by atoms with E-state index in [2.05, 4.69) is 31.8 Å². The van der Waals surface area contributed by atoms with Gasteiger partial charge in [0.2, 0.25) is 5.88 Å². The van der Waals surface area contributed by atoms with Crippen LogP contribution in [0.3, 0.4) is 0 Å². The van der Waals surface area contributed by atoms with Crippen molar-refractivity contribution in [2.24, 2.45) is 0 Å². The molecule has 0 bridgehead atoms. The number of aromatic nitrogens is 4. The maximum atomic E-state index is 5.94. The van der Waals surface area contributed by atoms with E-state index in [9.17, 15) is 0 Å². The Kier molecular flexibility index (Phi) is 5.50. The topological polar surface area (TPSA) is 60.8 Å². The summed E-state index contributed by atoms with van der Waals surface area (Å²) in [7, 11) is 0. The van der Waals surface area contributed by atoms with Crippen LogP contribution < -0.4 is 4.74 Å². The van der Waals surface area contributed by atoms with E-state index >= 15 is 0 Å². The van der Waals surface area contributed by atoms with E-state index < -0.39 is 0 Å². The summed E-state index contributed by atoms with van der Waals surface area (Å²) in [5, 5.41) is 0. The molecule has 0 saturated carbocycles. The quantitative estimate of drug-likeness (QED) is 0.397. The normalized spacial score (nSPS) is 10.3. The van der Waals surface area contributed by atoms with Crippen molar-refractivity contribution in [3.05, 3.63) is 90.0 Å². The van der Waals surface area contributed by atoms with Crippen LogP contribution >= 0.6 is 0 Å². The number of ether oxygens (including phenoxy) is 1. The summed E-state index contributed by atoms with van der Waals surface area (Å²) in [6, 6.07) is 17.5. The zero-order chi connectivity index (χ0) is 19.0. The van der Waals surface area contributed by atoms with Crippen LogP contribution in [0.4, 0.5) is 0 Å². The van der Waals surface area contributed by atoms with Crippen molar-refractivity contribution in [3.63, 3.8) is 0 Å². The van der Waals surface area contributed by atoms with Gasteiger partial charge in [0.05, 0.1) is 6.61 Å². The maximum Gasteiger partial charge on any atom is 0.249 e. The molecule has 1 aromatic carbocycles. The standard InChI is InChI=1S/C23H18N4O/c1-2-6-18(7-3-1)10-11-21-23(27-20-9-4-14-25-22(20)26-21)28-17-5-8-19-12-15-24-16-13-19/h1-4,6-7,9,12-16H,5,8,17H2. The van der Waals surface area contributed by atoms with Gasteiger partial charge in [-0.25, -0.2) is 15.0 Å². The molecule has 0 atom stereocenters. The summed E-state index contributed by atoms with van der Waals surface area (Å²) in [6.45, 7) is 0.531. The SMILES string of the molecule is C(#Cc1nc2ncccc2nc1OCCCc1ccncc1)c1ccccc1. The molecule has 0 saturated heterocycles.